The van der Waals surface area contributed by atoms with E-state index < -0.39 is 0 Å². The van der Waals surface area contributed by atoms with Crippen molar-refractivity contribution < 1.29 is 9.47 Å². The van der Waals surface area contributed by atoms with E-state index in [9.17, 15) is 0 Å². The van der Waals surface area contributed by atoms with Crippen LogP contribution in [0.4, 0.5) is 11.4 Å². The Balaban J connectivity index is 2.26. The van der Waals surface area contributed by atoms with Crippen LogP contribution in [0.25, 0.3) is 0 Å². The van der Waals surface area contributed by atoms with Gasteiger partial charge in [-0.1, -0.05) is 13.8 Å². The van der Waals surface area contributed by atoms with Gasteiger partial charge in [0.25, 0.3) is 0 Å². The first kappa shape index (κ1) is 14.8. The zero-order valence-electron chi connectivity index (χ0n) is 12.7. The largest absolute Gasteiger partial charge is 0.491 e. The van der Waals surface area contributed by atoms with Crippen molar-refractivity contribution in [2.24, 2.45) is 0 Å². The van der Waals surface area contributed by atoms with Crippen LogP contribution in [0.15, 0.2) is 12.1 Å². The number of ether oxygens (including phenoxy) is 2. The van der Waals surface area contributed by atoms with Crippen molar-refractivity contribution in [3.63, 3.8) is 0 Å². The second kappa shape index (κ2) is 7.27. The quantitative estimate of drug-likeness (QED) is 0.776. The Morgan fingerprint density at radius 1 is 1.00 bits per heavy atom. The molecule has 2 rings (SSSR count). The van der Waals surface area contributed by atoms with Gasteiger partial charge in [-0.3, -0.25) is 0 Å². The standard InChI is InChI=1S/C16H26N2O2/c1-3-9-19-15-12-14(18-7-5-6-8-18)16(11-13(15)17)20-10-4-2/h11-12H,3-10,17H2,1-2H3. The highest BCUT2D eigenvalue weighted by Crippen LogP contribution is 2.38. The molecule has 0 aliphatic carbocycles. The smallest absolute Gasteiger partial charge is 0.144 e. The minimum Gasteiger partial charge on any atom is -0.491 e. The molecule has 1 aliphatic rings. The number of benzene rings is 1. The first-order chi connectivity index (χ1) is 9.76. The monoisotopic (exact) mass is 278 g/mol. The van der Waals surface area contributed by atoms with Crippen molar-refractivity contribution in [2.45, 2.75) is 39.5 Å². The zero-order valence-corrected chi connectivity index (χ0v) is 12.7. The first-order valence-electron chi connectivity index (χ1n) is 7.70. The zero-order chi connectivity index (χ0) is 14.4. The van der Waals surface area contributed by atoms with Gasteiger partial charge < -0.3 is 20.1 Å². The Kier molecular flexibility index (Phi) is 5.39. The van der Waals surface area contributed by atoms with E-state index in [0.717, 1.165) is 49.7 Å². The SMILES string of the molecule is CCCOc1cc(N2CCCC2)c(OCCC)cc1N. The van der Waals surface area contributed by atoms with Crippen LogP contribution in [0.3, 0.4) is 0 Å². The normalized spacial score (nSPS) is 14.6. The van der Waals surface area contributed by atoms with Gasteiger partial charge in [-0.25, -0.2) is 0 Å². The fraction of sp³-hybridized carbons (Fsp3) is 0.625. The molecule has 2 N–H and O–H groups in total. The van der Waals surface area contributed by atoms with Gasteiger partial charge in [-0.15, -0.1) is 0 Å². The molecule has 0 amide bonds. The average Bonchev–Trinajstić information content (AvgIpc) is 2.98. The number of hydrogen-bond acceptors (Lipinski definition) is 4. The molecule has 112 valence electrons. The summed E-state index contributed by atoms with van der Waals surface area (Å²) in [7, 11) is 0. The Morgan fingerprint density at radius 3 is 2.20 bits per heavy atom. The van der Waals surface area contributed by atoms with E-state index in [1.807, 2.05) is 12.1 Å². The average molecular weight is 278 g/mol. The van der Waals surface area contributed by atoms with E-state index in [-0.39, 0.29) is 0 Å². The van der Waals surface area contributed by atoms with Gasteiger partial charge in [-0.05, 0) is 25.7 Å². The highest BCUT2D eigenvalue weighted by molar-refractivity contribution is 5.70. The van der Waals surface area contributed by atoms with Crippen LogP contribution >= 0.6 is 0 Å². The molecule has 0 aromatic heterocycles. The van der Waals surface area contributed by atoms with Crippen LogP contribution in [0.1, 0.15) is 39.5 Å². The third-order valence-electron chi connectivity index (χ3n) is 3.46. The van der Waals surface area contributed by atoms with Crippen molar-refractivity contribution in [1.82, 2.24) is 0 Å². The molecule has 1 fully saturated rings. The molecule has 1 aromatic carbocycles. The fourth-order valence-electron chi connectivity index (χ4n) is 2.43. The first-order valence-corrected chi connectivity index (χ1v) is 7.70. The molecule has 20 heavy (non-hydrogen) atoms. The van der Waals surface area contributed by atoms with Gasteiger partial charge in [-0.2, -0.15) is 0 Å². The molecular weight excluding hydrogens is 252 g/mol. The van der Waals surface area contributed by atoms with E-state index in [0.29, 0.717) is 12.3 Å². The number of nitrogens with zero attached hydrogens (tertiary/aromatic N) is 1. The molecule has 0 unspecified atom stereocenters. The Morgan fingerprint density at radius 2 is 1.60 bits per heavy atom. The summed E-state index contributed by atoms with van der Waals surface area (Å²) in [5, 5.41) is 0. The molecule has 1 saturated heterocycles. The molecule has 1 heterocycles. The second-order valence-electron chi connectivity index (χ2n) is 5.25. The summed E-state index contributed by atoms with van der Waals surface area (Å²) in [5.41, 5.74) is 7.86. The predicted molar refractivity (Wildman–Crippen MR) is 83.9 cm³/mol. The van der Waals surface area contributed by atoms with Gasteiger partial charge in [0.1, 0.15) is 11.5 Å². The van der Waals surface area contributed by atoms with E-state index in [4.69, 9.17) is 15.2 Å². The van der Waals surface area contributed by atoms with Crippen molar-refractivity contribution in [2.75, 3.05) is 36.9 Å². The number of nitrogens with two attached hydrogens (primary N) is 1. The van der Waals surface area contributed by atoms with E-state index in [1.54, 1.807) is 0 Å². The summed E-state index contributed by atoms with van der Waals surface area (Å²) in [6.07, 6.45) is 4.45. The third kappa shape index (κ3) is 3.50. The van der Waals surface area contributed by atoms with Gasteiger partial charge in [0.2, 0.25) is 0 Å². The van der Waals surface area contributed by atoms with Gasteiger partial charge >= 0.3 is 0 Å². The Bertz CT molecular complexity index is 429. The lowest BCUT2D eigenvalue weighted by atomic mass is 10.2. The van der Waals surface area contributed by atoms with Crippen molar-refractivity contribution in [3.8, 4) is 11.5 Å². The molecule has 0 spiro atoms. The van der Waals surface area contributed by atoms with Crippen molar-refractivity contribution in [1.29, 1.82) is 0 Å². The van der Waals surface area contributed by atoms with E-state index >= 15 is 0 Å². The van der Waals surface area contributed by atoms with Gasteiger partial charge in [0.05, 0.1) is 24.6 Å². The number of rotatable bonds is 7. The molecule has 0 saturated carbocycles. The van der Waals surface area contributed by atoms with Crippen LogP contribution in [0.5, 0.6) is 11.5 Å². The third-order valence-corrected chi connectivity index (χ3v) is 3.46. The van der Waals surface area contributed by atoms with Crippen LogP contribution in [-0.2, 0) is 0 Å². The van der Waals surface area contributed by atoms with Gasteiger partial charge in [0, 0.05) is 25.2 Å². The summed E-state index contributed by atoms with van der Waals surface area (Å²) < 4.78 is 11.6. The molecule has 4 heteroatoms. The highest BCUT2D eigenvalue weighted by atomic mass is 16.5. The van der Waals surface area contributed by atoms with E-state index in [2.05, 4.69) is 18.7 Å². The maximum absolute atomic E-state index is 6.08. The van der Waals surface area contributed by atoms with Crippen molar-refractivity contribution in [3.05, 3.63) is 12.1 Å². The molecule has 0 bridgehead atoms. The molecule has 1 aliphatic heterocycles. The number of anilines is 2. The summed E-state index contributed by atoms with van der Waals surface area (Å²) in [4.78, 5) is 2.36. The lowest BCUT2D eigenvalue weighted by Crippen LogP contribution is -2.19. The maximum Gasteiger partial charge on any atom is 0.144 e. The molecule has 1 aromatic rings. The van der Waals surface area contributed by atoms with Crippen LogP contribution < -0.4 is 20.1 Å². The number of hydrogen-bond donors (Lipinski definition) is 1. The number of nitrogen functional groups attached to an aromatic ring is 1. The summed E-state index contributed by atoms with van der Waals surface area (Å²) in [6.45, 7) is 7.78. The summed E-state index contributed by atoms with van der Waals surface area (Å²) in [5.74, 6) is 1.66. The molecular formula is C16H26N2O2. The summed E-state index contributed by atoms with van der Waals surface area (Å²) >= 11 is 0. The summed E-state index contributed by atoms with van der Waals surface area (Å²) in [6, 6.07) is 3.95. The lowest BCUT2D eigenvalue weighted by Gasteiger charge is -2.23. The molecule has 0 radical (unpaired) electrons. The fourth-order valence-corrected chi connectivity index (χ4v) is 2.43. The van der Waals surface area contributed by atoms with Crippen LogP contribution in [0, 0.1) is 0 Å². The highest BCUT2D eigenvalue weighted by Gasteiger charge is 2.19. The minimum absolute atomic E-state index is 0.660. The van der Waals surface area contributed by atoms with Gasteiger partial charge in [0.15, 0.2) is 0 Å². The maximum atomic E-state index is 6.08. The van der Waals surface area contributed by atoms with Crippen LogP contribution in [-0.4, -0.2) is 26.3 Å². The lowest BCUT2D eigenvalue weighted by molar-refractivity contribution is 0.310. The molecule has 4 nitrogen and oxygen atoms in total. The Labute approximate surface area is 121 Å². The minimum atomic E-state index is 0.660. The van der Waals surface area contributed by atoms with E-state index in [1.165, 1.54) is 12.8 Å². The van der Waals surface area contributed by atoms with Crippen molar-refractivity contribution >= 4 is 11.4 Å². The van der Waals surface area contributed by atoms with Crippen LogP contribution in [0.2, 0.25) is 0 Å². The topological polar surface area (TPSA) is 47.7 Å². The predicted octanol–water partition coefficient (Wildman–Crippen LogP) is 3.45. The Hall–Kier alpha value is -1.58. The second-order valence-corrected chi connectivity index (χ2v) is 5.25. The molecule has 0 atom stereocenters.